The topological polar surface area (TPSA) is 92.5 Å². The van der Waals surface area contributed by atoms with Gasteiger partial charge in [0.05, 0.1) is 27.0 Å². The first-order chi connectivity index (χ1) is 12.8. The Bertz CT molecular complexity index is 974. The highest BCUT2D eigenvalue weighted by Gasteiger charge is 2.22. The van der Waals surface area contributed by atoms with E-state index in [4.69, 9.17) is 28.9 Å². The summed E-state index contributed by atoms with van der Waals surface area (Å²) >= 11 is 12.0. The highest BCUT2D eigenvalue weighted by atomic mass is 35.5. The zero-order chi connectivity index (χ0) is 19.6. The lowest BCUT2D eigenvalue weighted by atomic mass is 10.1. The molecule has 3 rings (SSSR count). The zero-order valence-electron chi connectivity index (χ0n) is 14.4. The van der Waals surface area contributed by atoms with Crippen LogP contribution in [-0.4, -0.2) is 27.4 Å². The number of benzene rings is 2. The second-order valence-electron chi connectivity index (χ2n) is 6.30. The fraction of sp³-hybridized carbons (Fsp3) is 0.278. The van der Waals surface area contributed by atoms with Gasteiger partial charge in [0.1, 0.15) is 4.90 Å². The first-order valence-corrected chi connectivity index (χ1v) is 10.7. The van der Waals surface area contributed by atoms with E-state index in [2.05, 4.69) is 4.72 Å². The van der Waals surface area contributed by atoms with E-state index in [9.17, 15) is 13.2 Å². The first-order valence-electron chi connectivity index (χ1n) is 8.45. The quantitative estimate of drug-likeness (QED) is 0.756. The van der Waals surface area contributed by atoms with Gasteiger partial charge in [-0.2, -0.15) is 0 Å². The molecule has 2 aromatic rings. The molecule has 1 aliphatic rings. The van der Waals surface area contributed by atoms with E-state index in [1.165, 1.54) is 30.3 Å². The largest absolute Gasteiger partial charge is 0.371 e. The van der Waals surface area contributed by atoms with Crippen LogP contribution in [-0.2, 0) is 10.0 Å². The van der Waals surface area contributed by atoms with E-state index in [-0.39, 0.29) is 14.9 Å². The summed E-state index contributed by atoms with van der Waals surface area (Å²) in [5.74, 6) is -0.553. The van der Waals surface area contributed by atoms with Gasteiger partial charge in [-0.25, -0.2) is 8.42 Å². The van der Waals surface area contributed by atoms with Gasteiger partial charge in [-0.15, -0.1) is 0 Å². The van der Waals surface area contributed by atoms with Gasteiger partial charge in [0, 0.05) is 13.1 Å². The Morgan fingerprint density at radius 2 is 1.78 bits per heavy atom. The minimum absolute atomic E-state index is 0.0447. The number of amides is 1. The first kappa shape index (κ1) is 19.8. The van der Waals surface area contributed by atoms with Crippen molar-refractivity contribution in [1.82, 2.24) is 0 Å². The number of sulfonamides is 1. The molecule has 3 N–H and O–H groups in total. The van der Waals surface area contributed by atoms with Crippen molar-refractivity contribution in [2.75, 3.05) is 22.7 Å². The molecule has 1 heterocycles. The molecule has 0 bridgehead atoms. The van der Waals surface area contributed by atoms with Gasteiger partial charge in [0.15, 0.2) is 0 Å². The highest BCUT2D eigenvalue weighted by Crippen LogP contribution is 2.32. The van der Waals surface area contributed by atoms with E-state index >= 15 is 0 Å². The number of carbonyl (C=O) groups excluding carboxylic acids is 1. The number of hydrogen-bond acceptors (Lipinski definition) is 4. The number of piperidine rings is 1. The molecule has 1 amide bonds. The van der Waals surface area contributed by atoms with Gasteiger partial charge >= 0.3 is 0 Å². The molecule has 1 aliphatic heterocycles. The van der Waals surface area contributed by atoms with Gasteiger partial charge < -0.3 is 10.6 Å². The van der Waals surface area contributed by atoms with Crippen molar-refractivity contribution in [2.24, 2.45) is 5.73 Å². The molecule has 6 nitrogen and oxygen atoms in total. The maximum atomic E-state index is 12.7. The van der Waals surface area contributed by atoms with E-state index < -0.39 is 15.9 Å². The molecule has 1 saturated heterocycles. The molecule has 0 aliphatic carbocycles. The van der Waals surface area contributed by atoms with E-state index in [1.54, 1.807) is 6.07 Å². The minimum Gasteiger partial charge on any atom is -0.371 e. The third-order valence-electron chi connectivity index (χ3n) is 4.42. The minimum atomic E-state index is -3.95. The molecule has 0 aromatic heterocycles. The van der Waals surface area contributed by atoms with Crippen LogP contribution in [0.5, 0.6) is 0 Å². The number of carbonyl (C=O) groups is 1. The Morgan fingerprint density at radius 3 is 2.44 bits per heavy atom. The van der Waals surface area contributed by atoms with Crippen LogP contribution in [0.1, 0.15) is 29.6 Å². The molecule has 0 radical (unpaired) electrons. The summed E-state index contributed by atoms with van der Waals surface area (Å²) in [6.07, 6.45) is 3.14. The Balaban J connectivity index is 1.97. The second-order valence-corrected chi connectivity index (χ2v) is 8.74. The van der Waals surface area contributed by atoms with Crippen LogP contribution >= 0.6 is 23.2 Å². The van der Waals surface area contributed by atoms with Gasteiger partial charge in [-0.3, -0.25) is 9.52 Å². The SMILES string of the molecule is NC(=O)c1ccc(NS(=O)(=O)c2cccc(Cl)c2Cl)cc1N1CCCCC1. The molecule has 0 saturated carbocycles. The van der Waals surface area contributed by atoms with E-state index in [1.807, 2.05) is 4.90 Å². The average molecular weight is 428 g/mol. The molecule has 2 aromatic carbocycles. The fourth-order valence-corrected chi connectivity index (χ4v) is 4.91. The van der Waals surface area contributed by atoms with Crippen molar-refractivity contribution < 1.29 is 13.2 Å². The van der Waals surface area contributed by atoms with Crippen molar-refractivity contribution in [1.29, 1.82) is 0 Å². The summed E-state index contributed by atoms with van der Waals surface area (Å²) in [5.41, 5.74) is 6.79. The van der Waals surface area contributed by atoms with Crippen molar-refractivity contribution in [2.45, 2.75) is 24.2 Å². The second kappa shape index (κ2) is 7.96. The number of nitrogens with one attached hydrogen (secondary N) is 1. The molecule has 1 fully saturated rings. The lowest BCUT2D eigenvalue weighted by Crippen LogP contribution is -2.31. The lowest BCUT2D eigenvalue weighted by Gasteiger charge is -2.30. The molecule has 9 heteroatoms. The number of primary amides is 1. The normalized spacial score (nSPS) is 14.8. The summed E-state index contributed by atoms with van der Waals surface area (Å²) in [6, 6.07) is 9.06. The van der Waals surface area contributed by atoms with E-state index in [0.29, 0.717) is 16.9 Å². The molecular formula is C18H19Cl2N3O3S. The Morgan fingerprint density at radius 1 is 1.07 bits per heavy atom. The lowest BCUT2D eigenvalue weighted by molar-refractivity contribution is 0.100. The van der Waals surface area contributed by atoms with E-state index in [0.717, 1.165) is 32.4 Å². The number of halogens is 2. The van der Waals surface area contributed by atoms with Gasteiger partial charge in [-0.05, 0) is 49.6 Å². The van der Waals surface area contributed by atoms with Crippen LogP contribution in [0, 0.1) is 0 Å². The number of nitrogens with two attached hydrogens (primary N) is 1. The number of anilines is 2. The third-order valence-corrected chi connectivity index (χ3v) is 6.77. The fourth-order valence-electron chi connectivity index (χ4n) is 3.10. The van der Waals surface area contributed by atoms with Crippen LogP contribution in [0.25, 0.3) is 0 Å². The summed E-state index contributed by atoms with van der Waals surface area (Å²) < 4.78 is 27.9. The smallest absolute Gasteiger partial charge is 0.263 e. The van der Waals surface area contributed by atoms with Crippen LogP contribution in [0.15, 0.2) is 41.3 Å². The van der Waals surface area contributed by atoms with Crippen molar-refractivity contribution in [3.63, 3.8) is 0 Å². The standard InChI is InChI=1S/C18H19Cl2N3O3S/c19-14-5-4-6-16(17(14)20)27(25,26)22-12-7-8-13(18(21)24)15(11-12)23-9-2-1-3-10-23/h4-8,11,22H,1-3,9-10H2,(H2,21,24). The summed E-state index contributed by atoms with van der Waals surface area (Å²) in [5, 5.41) is 0.106. The predicted molar refractivity (Wildman–Crippen MR) is 108 cm³/mol. The predicted octanol–water partition coefficient (Wildman–Crippen LogP) is 3.88. The van der Waals surface area contributed by atoms with Crippen molar-refractivity contribution >= 4 is 50.5 Å². The molecule has 144 valence electrons. The maximum absolute atomic E-state index is 12.7. The summed E-state index contributed by atoms with van der Waals surface area (Å²) in [7, 11) is -3.95. The number of hydrogen-bond donors (Lipinski definition) is 2. The van der Waals surface area contributed by atoms with Crippen LogP contribution in [0.2, 0.25) is 10.0 Å². The summed E-state index contributed by atoms with van der Waals surface area (Å²) in [6.45, 7) is 1.58. The molecule has 0 spiro atoms. The van der Waals surface area contributed by atoms with Crippen LogP contribution in [0.3, 0.4) is 0 Å². The van der Waals surface area contributed by atoms with Gasteiger partial charge in [0.2, 0.25) is 0 Å². The van der Waals surface area contributed by atoms with Crippen molar-refractivity contribution in [3.8, 4) is 0 Å². The van der Waals surface area contributed by atoms with Crippen LogP contribution in [0.4, 0.5) is 11.4 Å². The average Bonchev–Trinajstić information content (AvgIpc) is 2.64. The molecule has 0 unspecified atom stereocenters. The van der Waals surface area contributed by atoms with Gasteiger partial charge in [-0.1, -0.05) is 29.3 Å². The summed E-state index contributed by atoms with van der Waals surface area (Å²) in [4.78, 5) is 13.7. The number of nitrogens with zero attached hydrogens (tertiary/aromatic N) is 1. The third kappa shape index (κ3) is 4.31. The Kier molecular flexibility index (Phi) is 5.83. The monoisotopic (exact) mass is 427 g/mol. The molecule has 0 atom stereocenters. The Labute approximate surface area is 168 Å². The molecule has 27 heavy (non-hydrogen) atoms. The van der Waals surface area contributed by atoms with Gasteiger partial charge in [0.25, 0.3) is 15.9 Å². The molecular weight excluding hydrogens is 409 g/mol. The highest BCUT2D eigenvalue weighted by molar-refractivity contribution is 7.92. The van der Waals surface area contributed by atoms with Crippen molar-refractivity contribution in [3.05, 3.63) is 52.0 Å². The van der Waals surface area contributed by atoms with Crippen LogP contribution < -0.4 is 15.4 Å². The zero-order valence-corrected chi connectivity index (χ0v) is 16.7. The Hall–Kier alpha value is -1.96. The maximum Gasteiger partial charge on any atom is 0.263 e. The number of rotatable bonds is 5.